The zero-order chi connectivity index (χ0) is 46.5. The number of hydrogen-bond acceptors (Lipinski definition) is 16. The van der Waals surface area contributed by atoms with Gasteiger partial charge in [-0.25, -0.2) is 28.8 Å². The molecule has 5 aliphatic rings. The Morgan fingerprint density at radius 1 is 0.387 bits per heavy atom. The van der Waals surface area contributed by atoms with Crippen LogP contribution in [0.2, 0.25) is 0 Å². The summed E-state index contributed by atoms with van der Waals surface area (Å²) in [6.07, 6.45) is -19.5. The molecule has 2 N–H and O–H groups in total. The van der Waals surface area contributed by atoms with Gasteiger partial charge in [-0.05, 0) is 24.3 Å². The van der Waals surface area contributed by atoms with E-state index in [-0.39, 0.29) is 0 Å². The van der Waals surface area contributed by atoms with Gasteiger partial charge < -0.3 is 48.1 Å². The number of aliphatic hydroxyl groups excluding tert-OH is 2. The van der Waals surface area contributed by atoms with Crippen molar-refractivity contribution in [1.29, 1.82) is 0 Å². The Hall–Kier alpha value is -6.90. The molecule has 62 heavy (non-hydrogen) atoms. The number of carbonyl (C=O) groups excluding carboxylic acids is 6. The van der Waals surface area contributed by atoms with Crippen LogP contribution in [0.4, 0.5) is 52.7 Å². The number of allylic oxidation sites excluding steroid dienone is 8. The lowest BCUT2D eigenvalue weighted by atomic mass is 9.87. The minimum absolute atomic E-state index is 0.413. The largest absolute Gasteiger partial charge is 0.480 e. The molecule has 0 atom stereocenters. The highest BCUT2D eigenvalue weighted by Crippen LogP contribution is 2.52. The summed E-state index contributed by atoms with van der Waals surface area (Å²) in [6, 6.07) is 0. The monoisotopic (exact) mass is 912 g/mol. The molecule has 5 rings (SSSR count). The van der Waals surface area contributed by atoms with Gasteiger partial charge in [0.1, 0.15) is 22.3 Å². The van der Waals surface area contributed by atoms with Crippen LogP contribution in [0.5, 0.6) is 0 Å². The van der Waals surface area contributed by atoms with Crippen LogP contribution in [0, 0.1) is 0 Å². The number of hydrogen-bond donors (Lipinski definition) is 2. The number of alkyl halides is 12. The van der Waals surface area contributed by atoms with Gasteiger partial charge in [0.15, 0.2) is 0 Å². The summed E-state index contributed by atoms with van der Waals surface area (Å²) in [7, 11) is 0. The lowest BCUT2D eigenvalue weighted by Gasteiger charge is -2.45. The predicted molar refractivity (Wildman–Crippen MR) is 164 cm³/mol. The maximum Gasteiger partial charge on any atom is 0.478 e. The number of esters is 6. The van der Waals surface area contributed by atoms with Crippen LogP contribution in [-0.2, 0) is 66.7 Å². The number of halogens is 12. The van der Waals surface area contributed by atoms with Crippen molar-refractivity contribution >= 4 is 35.8 Å². The average Bonchev–Trinajstić information content (AvgIpc) is 3.11. The van der Waals surface area contributed by atoms with Gasteiger partial charge in [0, 0.05) is 25.7 Å². The second kappa shape index (κ2) is 15.5. The van der Waals surface area contributed by atoms with Gasteiger partial charge in [0.25, 0.3) is 23.5 Å². The van der Waals surface area contributed by atoms with E-state index < -0.39 is 144 Å². The average molecular weight is 912 g/mol. The molecule has 1 aliphatic carbocycles. The third-order valence-corrected chi connectivity index (χ3v) is 8.61. The second-order valence-corrected chi connectivity index (χ2v) is 12.7. The van der Waals surface area contributed by atoms with E-state index in [4.69, 9.17) is 18.9 Å². The number of rotatable bonds is 6. The molecule has 28 heteroatoms. The first-order chi connectivity index (χ1) is 28.4. The minimum atomic E-state index is -6.36. The highest BCUT2D eigenvalue weighted by atomic mass is 19.4. The van der Waals surface area contributed by atoms with Crippen molar-refractivity contribution in [3.63, 3.8) is 0 Å². The Bertz CT molecular complexity index is 1980. The first-order valence-corrected chi connectivity index (χ1v) is 16.4. The second-order valence-electron chi connectivity index (χ2n) is 12.7. The maximum absolute atomic E-state index is 13.1. The van der Waals surface area contributed by atoms with Crippen LogP contribution in [0.15, 0.2) is 94.9 Å². The zero-order valence-corrected chi connectivity index (χ0v) is 29.7. The molecule has 4 heterocycles. The molecular formula is C34H20F12O16. The van der Waals surface area contributed by atoms with Gasteiger partial charge in [-0.1, -0.05) is 36.5 Å². The molecular weight excluding hydrogens is 892 g/mol. The summed E-state index contributed by atoms with van der Waals surface area (Å²) in [6.45, 7) is 0. The van der Waals surface area contributed by atoms with Crippen molar-refractivity contribution in [3.05, 3.63) is 94.9 Å². The van der Waals surface area contributed by atoms with Crippen molar-refractivity contribution in [3.8, 4) is 0 Å². The summed E-state index contributed by atoms with van der Waals surface area (Å²) in [5.41, 5.74) is -4.05. The van der Waals surface area contributed by atoms with E-state index >= 15 is 0 Å². The quantitative estimate of drug-likeness (QED) is 0.0833. The van der Waals surface area contributed by atoms with Gasteiger partial charge >= 0.3 is 72.1 Å². The Morgan fingerprint density at radius 2 is 0.661 bits per heavy atom. The zero-order valence-electron chi connectivity index (χ0n) is 29.7. The summed E-state index contributed by atoms with van der Waals surface area (Å²) in [5, 5.41) is 19.3. The fraction of sp³-hybridized carbons (Fsp3) is 0.353. The van der Waals surface area contributed by atoms with Crippen LogP contribution in [0.1, 0.15) is 25.7 Å². The van der Waals surface area contributed by atoms with E-state index in [0.717, 1.165) is 48.6 Å². The Kier molecular flexibility index (Phi) is 11.6. The molecule has 0 aromatic carbocycles. The highest BCUT2D eigenvalue weighted by Gasteiger charge is 2.81. The van der Waals surface area contributed by atoms with Gasteiger partial charge in [-0.3, -0.25) is 0 Å². The molecule has 2 spiro atoms. The summed E-state index contributed by atoms with van der Waals surface area (Å²) in [5.74, 6) is -28.7. The normalized spacial score (nSPS) is 26.1. The van der Waals surface area contributed by atoms with Crippen LogP contribution >= 0.6 is 0 Å². The third-order valence-electron chi connectivity index (χ3n) is 8.61. The van der Waals surface area contributed by atoms with E-state index in [1.807, 2.05) is 0 Å². The molecule has 0 aromatic rings. The SMILES string of the molecule is O=C1OC2(CCC3(CC2)OC(=O)C(=CC=CC=CC2=C(O)OC(C(F)(F)F)(C(F)(F)F)OC2=O)C(=O)O3)OC(=O)C1=CC=CC=CC1=C(O)OC(C(F)(F)F)(C(F)(F)F)OC1=O. The van der Waals surface area contributed by atoms with Crippen LogP contribution in [-0.4, -0.2) is 93.9 Å². The Labute approximate surface area is 334 Å². The molecule has 0 bridgehead atoms. The van der Waals surface area contributed by atoms with Crippen LogP contribution < -0.4 is 0 Å². The molecule has 1 saturated carbocycles. The van der Waals surface area contributed by atoms with E-state index in [1.54, 1.807) is 0 Å². The molecule has 4 aliphatic heterocycles. The van der Waals surface area contributed by atoms with Gasteiger partial charge in [0.05, 0.1) is 0 Å². The van der Waals surface area contributed by atoms with E-state index in [1.165, 1.54) is 0 Å². The molecule has 0 unspecified atom stereocenters. The van der Waals surface area contributed by atoms with Crippen molar-refractivity contribution in [2.24, 2.45) is 0 Å². The van der Waals surface area contributed by atoms with Crippen molar-refractivity contribution in [2.45, 2.75) is 73.5 Å². The van der Waals surface area contributed by atoms with Crippen molar-refractivity contribution in [1.82, 2.24) is 0 Å². The molecule has 16 nitrogen and oxygen atoms in total. The number of carbonyl (C=O) groups is 6. The number of ether oxygens (including phenoxy) is 8. The van der Waals surface area contributed by atoms with Crippen molar-refractivity contribution < 1.29 is 130 Å². The lowest BCUT2D eigenvalue weighted by molar-refractivity contribution is -0.456. The molecule has 0 aromatic heterocycles. The van der Waals surface area contributed by atoms with Gasteiger partial charge in [-0.2, -0.15) is 52.7 Å². The summed E-state index contributed by atoms with van der Waals surface area (Å²) < 4.78 is 192. The summed E-state index contributed by atoms with van der Waals surface area (Å²) in [4.78, 5) is 74.7. The number of cyclic esters (lactones) is 2. The number of aliphatic hydroxyl groups is 2. The maximum atomic E-state index is 13.1. The predicted octanol–water partition coefficient (Wildman–Crippen LogP) is 5.56. The fourth-order valence-corrected chi connectivity index (χ4v) is 5.56. The van der Waals surface area contributed by atoms with E-state index in [9.17, 15) is 91.7 Å². The lowest BCUT2D eigenvalue weighted by Crippen LogP contribution is -2.63. The van der Waals surface area contributed by atoms with Crippen molar-refractivity contribution in [2.75, 3.05) is 0 Å². The summed E-state index contributed by atoms with van der Waals surface area (Å²) >= 11 is 0. The Balaban J connectivity index is 1.16. The third kappa shape index (κ3) is 8.39. The Morgan fingerprint density at radius 3 is 0.903 bits per heavy atom. The molecule has 3 fully saturated rings. The first-order valence-electron chi connectivity index (χ1n) is 16.4. The minimum Gasteiger partial charge on any atom is -0.480 e. The van der Waals surface area contributed by atoms with E-state index in [0.29, 0.717) is 12.2 Å². The molecule has 2 saturated heterocycles. The molecule has 336 valence electrons. The molecule has 0 radical (unpaired) electrons. The van der Waals surface area contributed by atoms with Crippen LogP contribution in [0.25, 0.3) is 0 Å². The topological polar surface area (TPSA) is 217 Å². The van der Waals surface area contributed by atoms with Crippen LogP contribution in [0.3, 0.4) is 0 Å². The van der Waals surface area contributed by atoms with Gasteiger partial charge in [0.2, 0.25) is 0 Å². The fourth-order valence-electron chi connectivity index (χ4n) is 5.56. The standard InChI is InChI=1S/C34H20F12O16/c35-31(36,37)29(32(38,39)40)59-23(51)17(24(52)60-29)9-5-1-3-7-15-19(47)55-27(56-20(15)48)11-13-28(14-12-27)57-21(49)16(22(50)58-28)8-4-2-6-10-18-25(53)61-30(33(41,42)43,34(44,45)46)62-26(18)54/h1-10,51,53H,11-14H2. The van der Waals surface area contributed by atoms with E-state index in [2.05, 4.69) is 18.9 Å². The highest BCUT2D eigenvalue weighted by molar-refractivity contribution is 6.16. The first kappa shape index (κ1) is 46.2. The smallest absolute Gasteiger partial charge is 0.478 e. The molecule has 0 amide bonds. The van der Waals surface area contributed by atoms with Gasteiger partial charge in [-0.15, -0.1) is 0 Å².